The summed E-state index contributed by atoms with van der Waals surface area (Å²) in [6.07, 6.45) is -1.30. The van der Waals surface area contributed by atoms with Crippen molar-refractivity contribution in [1.82, 2.24) is 9.80 Å². The van der Waals surface area contributed by atoms with Crippen LogP contribution in [0.2, 0.25) is 0 Å². The van der Waals surface area contributed by atoms with Crippen LogP contribution in [0.3, 0.4) is 0 Å². The molecule has 2 aliphatic heterocycles. The number of anilines is 1. The maximum Gasteiger partial charge on any atom is 0.247 e. The van der Waals surface area contributed by atoms with Crippen LogP contribution >= 0.6 is 0 Å². The molecule has 7 nitrogen and oxygen atoms in total. The highest BCUT2D eigenvalue weighted by Crippen LogP contribution is 2.27. The van der Waals surface area contributed by atoms with Crippen molar-refractivity contribution < 1.29 is 31.9 Å². The van der Waals surface area contributed by atoms with Crippen LogP contribution < -0.4 is 10.6 Å². The van der Waals surface area contributed by atoms with Gasteiger partial charge in [0.2, 0.25) is 17.7 Å². The summed E-state index contributed by atoms with van der Waals surface area (Å²) in [5, 5.41) is 0. The third-order valence-electron chi connectivity index (χ3n) is 6.41. The second kappa shape index (κ2) is 10.7. The smallest absolute Gasteiger partial charge is 0.247 e. The fourth-order valence-electron chi connectivity index (χ4n) is 4.51. The Morgan fingerprint density at radius 2 is 1.72 bits per heavy atom. The molecule has 0 spiro atoms. The van der Waals surface area contributed by atoms with Gasteiger partial charge < -0.3 is 20.4 Å². The van der Waals surface area contributed by atoms with Gasteiger partial charge in [0, 0.05) is 37.3 Å². The van der Waals surface area contributed by atoms with Crippen molar-refractivity contribution in [3.63, 3.8) is 0 Å². The molecule has 4 rings (SSSR count). The third-order valence-corrected chi connectivity index (χ3v) is 6.41. The van der Waals surface area contributed by atoms with Gasteiger partial charge in [-0.15, -0.1) is 0 Å². The van der Waals surface area contributed by atoms with E-state index >= 15 is 0 Å². The lowest BCUT2D eigenvalue weighted by Gasteiger charge is -2.25. The van der Waals surface area contributed by atoms with Crippen LogP contribution in [0.4, 0.5) is 23.2 Å². The van der Waals surface area contributed by atoms with E-state index in [1.54, 1.807) is 24.3 Å². The van der Waals surface area contributed by atoms with E-state index in [1.807, 2.05) is 0 Å². The summed E-state index contributed by atoms with van der Waals surface area (Å²) in [5.74, 6) is -4.86. The van der Waals surface area contributed by atoms with Crippen LogP contribution in [0.1, 0.15) is 24.0 Å². The number of rotatable bonds is 6. The zero-order chi connectivity index (χ0) is 26.0. The fraction of sp³-hybridized carbons (Fsp3) is 0.400. The van der Waals surface area contributed by atoms with Gasteiger partial charge in [0.15, 0.2) is 11.6 Å². The average Bonchev–Trinajstić information content (AvgIpc) is 3.21. The van der Waals surface area contributed by atoms with Crippen molar-refractivity contribution in [2.24, 2.45) is 5.73 Å². The van der Waals surface area contributed by atoms with Gasteiger partial charge in [0.25, 0.3) is 0 Å². The molecule has 0 radical (unpaired) electrons. The molecule has 2 atom stereocenters. The number of para-hydroxylation sites is 1. The summed E-state index contributed by atoms with van der Waals surface area (Å²) in [5.41, 5.74) is 6.96. The summed E-state index contributed by atoms with van der Waals surface area (Å²) in [4.78, 5) is 42.8. The Morgan fingerprint density at radius 1 is 1.00 bits per heavy atom. The van der Waals surface area contributed by atoms with Crippen LogP contribution in [0.25, 0.3) is 0 Å². The molecule has 2 heterocycles. The minimum Gasteiger partial charge on any atom is -0.338 e. The fourth-order valence-corrected chi connectivity index (χ4v) is 4.51. The predicted octanol–water partition coefficient (Wildman–Crippen LogP) is 2.31. The second-order valence-electron chi connectivity index (χ2n) is 9.11. The van der Waals surface area contributed by atoms with Crippen LogP contribution in [-0.2, 0) is 27.3 Å². The Labute approximate surface area is 205 Å². The molecule has 3 amide bonds. The number of amides is 3. The van der Waals surface area contributed by atoms with Crippen LogP contribution in [0, 0.1) is 17.5 Å². The second-order valence-corrected chi connectivity index (χ2v) is 9.11. The molecule has 192 valence electrons. The number of carbonyl (C=O) groups is 3. The van der Waals surface area contributed by atoms with Gasteiger partial charge in [-0.2, -0.15) is 0 Å². The summed E-state index contributed by atoms with van der Waals surface area (Å²) in [6.45, 7) is -0.249. The van der Waals surface area contributed by atoms with Gasteiger partial charge >= 0.3 is 0 Å². The van der Waals surface area contributed by atoms with E-state index in [0.29, 0.717) is 23.4 Å². The van der Waals surface area contributed by atoms with Gasteiger partial charge in [-0.1, -0.05) is 18.2 Å². The quantitative estimate of drug-likeness (QED) is 0.481. The highest BCUT2D eigenvalue weighted by molar-refractivity contribution is 6.02. The molecule has 11 heteroatoms. The molecule has 1 saturated heterocycles. The molecule has 2 aromatic carbocycles. The topological polar surface area (TPSA) is 87.0 Å². The first-order valence-electron chi connectivity index (χ1n) is 11.6. The SMILES string of the molecule is N[C@@H](CC(=O)N1CC(=O)N(CC(=O)N2CC[C@@H](F)C2)c2ccccc2C1)Cc1cc(F)c(F)cc1F. The Bertz CT molecular complexity index is 1180. The van der Waals surface area contributed by atoms with Crippen molar-refractivity contribution in [2.75, 3.05) is 31.1 Å². The zero-order valence-corrected chi connectivity index (χ0v) is 19.4. The molecule has 2 aromatic rings. The van der Waals surface area contributed by atoms with Gasteiger partial charge in [-0.05, 0) is 36.1 Å². The minimum absolute atomic E-state index is 0.0104. The molecule has 0 saturated carbocycles. The average molecular weight is 507 g/mol. The molecular weight excluding hydrogens is 480 g/mol. The van der Waals surface area contributed by atoms with Gasteiger partial charge in [0.1, 0.15) is 25.1 Å². The van der Waals surface area contributed by atoms with Crippen molar-refractivity contribution in [3.8, 4) is 0 Å². The van der Waals surface area contributed by atoms with Crippen molar-refractivity contribution in [2.45, 2.75) is 38.0 Å². The van der Waals surface area contributed by atoms with Gasteiger partial charge in [-0.3, -0.25) is 14.4 Å². The number of fused-ring (bicyclic) bond motifs is 1. The number of hydrogen-bond acceptors (Lipinski definition) is 4. The number of likely N-dealkylation sites (tertiary alicyclic amines) is 1. The normalized spacial score (nSPS) is 18.8. The predicted molar refractivity (Wildman–Crippen MR) is 123 cm³/mol. The van der Waals surface area contributed by atoms with E-state index in [9.17, 15) is 31.9 Å². The van der Waals surface area contributed by atoms with E-state index in [1.165, 1.54) is 14.7 Å². The summed E-state index contributed by atoms with van der Waals surface area (Å²) in [6, 6.07) is 7.08. The van der Waals surface area contributed by atoms with Crippen molar-refractivity contribution in [1.29, 1.82) is 0 Å². The summed E-state index contributed by atoms with van der Waals surface area (Å²) in [7, 11) is 0. The molecule has 0 bridgehead atoms. The number of carbonyl (C=O) groups excluding carboxylic acids is 3. The highest BCUT2D eigenvalue weighted by atomic mass is 19.2. The first-order chi connectivity index (χ1) is 17.1. The Morgan fingerprint density at radius 3 is 2.44 bits per heavy atom. The molecule has 1 fully saturated rings. The molecule has 36 heavy (non-hydrogen) atoms. The van der Waals surface area contributed by atoms with E-state index < -0.39 is 41.5 Å². The molecule has 2 N–H and O–H groups in total. The lowest BCUT2D eigenvalue weighted by molar-refractivity contribution is -0.136. The lowest BCUT2D eigenvalue weighted by Crippen LogP contribution is -2.46. The first kappa shape index (κ1) is 25.6. The first-order valence-corrected chi connectivity index (χ1v) is 11.6. The third kappa shape index (κ3) is 5.67. The lowest BCUT2D eigenvalue weighted by atomic mass is 10.0. The van der Waals surface area contributed by atoms with E-state index in [4.69, 9.17) is 5.73 Å². The highest BCUT2D eigenvalue weighted by Gasteiger charge is 2.33. The number of benzene rings is 2. The molecule has 0 aromatic heterocycles. The van der Waals surface area contributed by atoms with Gasteiger partial charge in [0.05, 0.1) is 6.54 Å². The van der Waals surface area contributed by atoms with Gasteiger partial charge in [-0.25, -0.2) is 17.6 Å². The number of halogens is 4. The van der Waals surface area contributed by atoms with E-state index in [-0.39, 0.29) is 63.5 Å². The minimum atomic E-state index is -1.32. The molecular formula is C25H26F4N4O3. The van der Waals surface area contributed by atoms with Crippen LogP contribution in [-0.4, -0.2) is 65.9 Å². The standard InChI is InChI=1S/C25H26F4N4O3/c26-17-5-6-31(12-17)24(35)14-33-22-4-2-1-3-15(22)11-32(13-25(33)36)23(34)9-18(30)7-16-8-20(28)21(29)10-19(16)27/h1-4,8,10,17-18H,5-7,9,11-14,30H2/t17-,18-/m1/s1. The Balaban J connectivity index is 1.46. The summed E-state index contributed by atoms with van der Waals surface area (Å²) < 4.78 is 54.2. The number of nitrogens with zero attached hydrogens (tertiary/aromatic N) is 3. The van der Waals surface area contributed by atoms with Crippen molar-refractivity contribution in [3.05, 3.63) is 65.0 Å². The Kier molecular flexibility index (Phi) is 7.58. The van der Waals surface area contributed by atoms with E-state index in [0.717, 1.165) is 0 Å². The monoisotopic (exact) mass is 506 g/mol. The number of hydrogen-bond donors (Lipinski definition) is 1. The maximum atomic E-state index is 14.0. The largest absolute Gasteiger partial charge is 0.338 e. The van der Waals surface area contributed by atoms with Crippen LogP contribution in [0.15, 0.2) is 36.4 Å². The number of nitrogens with two attached hydrogens (primary N) is 1. The molecule has 0 unspecified atom stereocenters. The summed E-state index contributed by atoms with van der Waals surface area (Å²) >= 11 is 0. The Hall–Kier alpha value is -3.47. The number of alkyl halides is 1. The van der Waals surface area contributed by atoms with Crippen molar-refractivity contribution >= 4 is 23.4 Å². The van der Waals surface area contributed by atoms with E-state index in [2.05, 4.69) is 0 Å². The maximum absolute atomic E-state index is 14.0. The van der Waals surface area contributed by atoms with Crippen LogP contribution in [0.5, 0.6) is 0 Å². The zero-order valence-electron chi connectivity index (χ0n) is 19.4. The molecule has 2 aliphatic rings. The molecule has 0 aliphatic carbocycles.